The normalized spacial score (nSPS) is 13.4. The topological polar surface area (TPSA) is 88.3 Å². The zero-order valence-corrected chi connectivity index (χ0v) is 19.6. The number of nitrogens with zero attached hydrogens (tertiary/aromatic N) is 2. The van der Waals surface area contributed by atoms with Crippen LogP contribution in [0.1, 0.15) is 38.8 Å². The van der Waals surface area contributed by atoms with Gasteiger partial charge in [0.25, 0.3) is 0 Å². The van der Waals surface area contributed by atoms with Gasteiger partial charge in [-0.05, 0) is 51.0 Å². The molecule has 0 saturated heterocycles. The lowest BCUT2D eigenvalue weighted by molar-refractivity contribution is 0.455. The van der Waals surface area contributed by atoms with Crippen LogP contribution in [-0.4, -0.2) is 56.1 Å². The number of nitrogens with one attached hydrogen (secondary N) is 2. The van der Waals surface area contributed by atoms with Crippen molar-refractivity contribution in [3.05, 3.63) is 47.5 Å². The first kappa shape index (κ1) is 23.0. The molecule has 0 aromatic heterocycles. The highest BCUT2D eigenvalue weighted by Gasteiger charge is 2.33. The predicted octanol–water partition coefficient (Wildman–Crippen LogP) is 4.22. The molecule has 2 aromatic carbocycles. The Hall–Kier alpha value is -2.67. The monoisotopic (exact) mass is 440 g/mol. The van der Waals surface area contributed by atoms with E-state index in [1.807, 2.05) is 61.8 Å². The molecule has 7 heteroatoms. The van der Waals surface area contributed by atoms with Gasteiger partial charge in [0.15, 0.2) is 0 Å². The number of rotatable bonds is 8. The Labute approximate surface area is 185 Å². The molecule has 0 unspecified atom stereocenters. The minimum Gasteiger partial charge on any atom is -0.361 e. The van der Waals surface area contributed by atoms with Gasteiger partial charge >= 0.3 is 0 Å². The number of hydrogen-bond donors (Lipinski definition) is 2. The second kappa shape index (κ2) is 9.22. The summed E-state index contributed by atoms with van der Waals surface area (Å²) in [4.78, 5) is 4.58. The molecule has 2 N–H and O–H groups in total. The quantitative estimate of drug-likeness (QED) is 0.405. The third kappa shape index (κ3) is 4.37. The Morgan fingerprint density at radius 1 is 0.710 bits per heavy atom. The molecular formula is C24H32N4O2S. The van der Waals surface area contributed by atoms with Gasteiger partial charge in [0.2, 0.25) is 9.84 Å². The summed E-state index contributed by atoms with van der Waals surface area (Å²) in [5.41, 5.74) is 3.10. The van der Waals surface area contributed by atoms with E-state index in [1.54, 1.807) is 12.1 Å². The molecule has 0 amide bonds. The Morgan fingerprint density at radius 2 is 1.06 bits per heavy atom. The number of sulfone groups is 1. The number of benzene rings is 2. The lowest BCUT2D eigenvalue weighted by Gasteiger charge is -2.21. The number of fused-ring (bicyclic) bond motifs is 3. The third-order valence-electron chi connectivity index (χ3n) is 5.99. The summed E-state index contributed by atoms with van der Waals surface area (Å²) in [5.74, 6) is 0.991. The van der Waals surface area contributed by atoms with Crippen LogP contribution in [0, 0.1) is 10.8 Å². The van der Waals surface area contributed by atoms with Crippen LogP contribution < -0.4 is 0 Å². The van der Waals surface area contributed by atoms with Crippen molar-refractivity contribution in [2.75, 3.05) is 26.2 Å². The van der Waals surface area contributed by atoms with Crippen LogP contribution in [0.15, 0.2) is 46.2 Å². The van der Waals surface area contributed by atoms with Crippen LogP contribution in [0.3, 0.4) is 0 Å². The van der Waals surface area contributed by atoms with Gasteiger partial charge in [0, 0.05) is 50.1 Å². The van der Waals surface area contributed by atoms with E-state index >= 15 is 0 Å². The highest BCUT2D eigenvalue weighted by atomic mass is 32.2. The summed E-state index contributed by atoms with van der Waals surface area (Å²) < 4.78 is 26.6. The van der Waals surface area contributed by atoms with E-state index in [0.29, 0.717) is 34.3 Å². The van der Waals surface area contributed by atoms with Crippen molar-refractivity contribution >= 4 is 21.5 Å². The van der Waals surface area contributed by atoms with Gasteiger partial charge in [-0.1, -0.05) is 24.3 Å². The summed E-state index contributed by atoms with van der Waals surface area (Å²) in [6, 6.07) is 11.0. The van der Waals surface area contributed by atoms with Crippen molar-refractivity contribution in [1.29, 1.82) is 10.8 Å². The molecule has 6 nitrogen and oxygen atoms in total. The number of amidine groups is 2. The van der Waals surface area contributed by atoms with Gasteiger partial charge in [0.1, 0.15) is 11.7 Å². The molecule has 1 aliphatic rings. The smallest absolute Gasteiger partial charge is 0.207 e. The zero-order chi connectivity index (χ0) is 22.8. The first-order valence-corrected chi connectivity index (χ1v) is 12.4. The maximum atomic E-state index is 13.3. The average Bonchev–Trinajstić information content (AvgIpc) is 2.96. The van der Waals surface area contributed by atoms with E-state index in [1.165, 1.54) is 0 Å². The van der Waals surface area contributed by atoms with Crippen molar-refractivity contribution < 1.29 is 8.42 Å². The van der Waals surface area contributed by atoms with Gasteiger partial charge in [-0.25, -0.2) is 8.42 Å². The van der Waals surface area contributed by atoms with Crippen molar-refractivity contribution in [3.63, 3.8) is 0 Å². The second-order valence-electron chi connectivity index (χ2n) is 7.76. The number of likely N-dealkylation sites (N-methyl/N-ethyl adjacent to an activating group) is 2. The first-order chi connectivity index (χ1) is 14.8. The molecule has 0 radical (unpaired) electrons. The molecule has 2 aromatic rings. The molecule has 1 heterocycles. The molecule has 3 rings (SSSR count). The summed E-state index contributed by atoms with van der Waals surface area (Å²) in [6.07, 6.45) is 0.820. The van der Waals surface area contributed by atoms with E-state index in [0.717, 1.165) is 48.4 Å². The van der Waals surface area contributed by atoms with Gasteiger partial charge in [-0.3, -0.25) is 10.8 Å². The highest BCUT2D eigenvalue weighted by molar-refractivity contribution is 7.92. The van der Waals surface area contributed by atoms with Gasteiger partial charge < -0.3 is 9.80 Å². The third-order valence-corrected chi connectivity index (χ3v) is 7.83. The molecule has 0 atom stereocenters. The standard InChI is InChI=1S/C24H32N4O2S/c1-5-27(6-2)23(25)15-17-9-11-19-20-12-10-18(16-24(26)28(7-3)8-4)14-22(20)31(29,30)21(19)13-17/h9-14,25-26H,5-8,15-16H2,1-4H3. The first-order valence-electron chi connectivity index (χ1n) is 10.9. The molecular weight excluding hydrogens is 408 g/mol. The highest BCUT2D eigenvalue weighted by Crippen LogP contribution is 2.44. The van der Waals surface area contributed by atoms with Crippen molar-refractivity contribution in [2.24, 2.45) is 0 Å². The summed E-state index contributed by atoms with van der Waals surface area (Å²) in [5, 5.41) is 16.6. The number of hydrogen-bond acceptors (Lipinski definition) is 4. The summed E-state index contributed by atoms with van der Waals surface area (Å²) in [7, 11) is -3.61. The molecule has 166 valence electrons. The minimum absolute atomic E-state index is 0.323. The van der Waals surface area contributed by atoms with Crippen molar-refractivity contribution in [3.8, 4) is 11.1 Å². The minimum atomic E-state index is -3.61. The average molecular weight is 441 g/mol. The SMILES string of the molecule is CCN(CC)C(=N)Cc1ccc2c(c1)S(=O)(=O)c1cc(CC(=N)N(CC)CC)ccc1-2. The molecule has 0 spiro atoms. The lowest BCUT2D eigenvalue weighted by Crippen LogP contribution is -2.31. The van der Waals surface area contributed by atoms with Crippen LogP contribution in [0.5, 0.6) is 0 Å². The van der Waals surface area contributed by atoms with E-state index in [2.05, 4.69) is 0 Å². The predicted molar refractivity (Wildman–Crippen MR) is 126 cm³/mol. The van der Waals surface area contributed by atoms with Gasteiger partial charge in [-0.15, -0.1) is 0 Å². The zero-order valence-electron chi connectivity index (χ0n) is 18.8. The van der Waals surface area contributed by atoms with E-state index < -0.39 is 9.84 Å². The Bertz CT molecular complexity index is 1020. The molecule has 0 bridgehead atoms. The van der Waals surface area contributed by atoms with Crippen LogP contribution in [-0.2, 0) is 22.7 Å². The maximum Gasteiger partial charge on any atom is 0.207 e. The van der Waals surface area contributed by atoms with Crippen LogP contribution in [0.2, 0.25) is 0 Å². The summed E-state index contributed by atoms with van der Waals surface area (Å²) >= 11 is 0. The fraction of sp³-hybridized carbons (Fsp3) is 0.417. The lowest BCUT2D eigenvalue weighted by atomic mass is 10.0. The maximum absolute atomic E-state index is 13.3. The fourth-order valence-corrected chi connectivity index (χ4v) is 5.97. The van der Waals surface area contributed by atoms with E-state index in [4.69, 9.17) is 10.8 Å². The molecule has 0 aliphatic carbocycles. The van der Waals surface area contributed by atoms with Gasteiger partial charge in [0.05, 0.1) is 9.79 Å². The van der Waals surface area contributed by atoms with E-state index in [-0.39, 0.29) is 0 Å². The van der Waals surface area contributed by atoms with Crippen LogP contribution in [0.4, 0.5) is 0 Å². The van der Waals surface area contributed by atoms with Crippen molar-refractivity contribution in [2.45, 2.75) is 50.3 Å². The Morgan fingerprint density at radius 3 is 1.39 bits per heavy atom. The Balaban J connectivity index is 1.91. The molecule has 1 aliphatic heterocycles. The van der Waals surface area contributed by atoms with E-state index in [9.17, 15) is 8.42 Å². The summed E-state index contributed by atoms with van der Waals surface area (Å²) in [6.45, 7) is 11.1. The van der Waals surface area contributed by atoms with Gasteiger partial charge in [-0.2, -0.15) is 0 Å². The van der Waals surface area contributed by atoms with Crippen LogP contribution in [0.25, 0.3) is 11.1 Å². The molecule has 0 fully saturated rings. The fourth-order valence-electron chi connectivity index (χ4n) is 4.18. The van der Waals surface area contributed by atoms with Crippen LogP contribution >= 0.6 is 0 Å². The largest absolute Gasteiger partial charge is 0.361 e. The Kier molecular flexibility index (Phi) is 6.84. The second-order valence-corrected chi connectivity index (χ2v) is 9.64. The molecule has 0 saturated carbocycles. The molecule has 31 heavy (non-hydrogen) atoms. The van der Waals surface area contributed by atoms with Crippen molar-refractivity contribution in [1.82, 2.24) is 9.80 Å².